The first-order chi connectivity index (χ1) is 13.3. The summed E-state index contributed by atoms with van der Waals surface area (Å²) < 4.78 is 0. The van der Waals surface area contributed by atoms with Crippen LogP contribution in [0.3, 0.4) is 0 Å². The highest BCUT2D eigenvalue weighted by Crippen LogP contribution is 2.25. The summed E-state index contributed by atoms with van der Waals surface area (Å²) >= 11 is 6.37. The Morgan fingerprint density at radius 2 is 1.89 bits per heavy atom. The van der Waals surface area contributed by atoms with Crippen molar-refractivity contribution < 1.29 is 0 Å². The van der Waals surface area contributed by atoms with Gasteiger partial charge in [-0.15, -0.1) is 0 Å². The van der Waals surface area contributed by atoms with Crippen LogP contribution in [0.5, 0.6) is 0 Å². The largest absolute Gasteiger partial charge is 0.339 e. The van der Waals surface area contributed by atoms with Gasteiger partial charge in [-0.25, -0.2) is 9.97 Å². The van der Waals surface area contributed by atoms with Gasteiger partial charge >= 0.3 is 0 Å². The summed E-state index contributed by atoms with van der Waals surface area (Å²) in [6.07, 6.45) is 0.750. The summed E-state index contributed by atoms with van der Waals surface area (Å²) in [5.41, 5.74) is 3.29. The molecular weight excluding hydrogens is 374 g/mol. The molecule has 6 nitrogen and oxygen atoms in total. The molecule has 1 aromatic carbocycles. The average Bonchev–Trinajstić information content (AvgIpc) is 3.02. The van der Waals surface area contributed by atoms with Crippen molar-refractivity contribution in [2.75, 3.05) is 6.54 Å². The lowest BCUT2D eigenvalue weighted by atomic mass is 9.95. The highest BCUT2D eigenvalue weighted by Gasteiger charge is 2.25. The zero-order valence-corrected chi connectivity index (χ0v) is 17.1. The van der Waals surface area contributed by atoms with E-state index in [-0.39, 0.29) is 11.0 Å². The normalized spacial score (nSPS) is 14.9. The minimum atomic E-state index is -0.178. The van der Waals surface area contributed by atoms with Gasteiger partial charge in [-0.3, -0.25) is 9.69 Å². The van der Waals surface area contributed by atoms with Gasteiger partial charge in [0.25, 0.3) is 5.56 Å². The van der Waals surface area contributed by atoms with E-state index in [0.29, 0.717) is 18.2 Å². The Kier molecular flexibility index (Phi) is 4.85. The van der Waals surface area contributed by atoms with Gasteiger partial charge in [-0.2, -0.15) is 0 Å². The van der Waals surface area contributed by atoms with Crippen molar-refractivity contribution in [2.45, 2.75) is 45.7 Å². The number of imidazole rings is 1. The predicted molar refractivity (Wildman–Crippen MR) is 110 cm³/mol. The van der Waals surface area contributed by atoms with E-state index < -0.39 is 0 Å². The number of nitrogens with one attached hydrogen (secondary N) is 2. The van der Waals surface area contributed by atoms with Gasteiger partial charge < -0.3 is 9.97 Å². The van der Waals surface area contributed by atoms with E-state index in [1.807, 2.05) is 30.3 Å². The Hall–Kier alpha value is -2.44. The molecule has 3 heterocycles. The number of hydrogen-bond donors (Lipinski definition) is 2. The second-order valence-electron chi connectivity index (χ2n) is 8.27. The molecule has 2 aromatic heterocycles. The lowest BCUT2D eigenvalue weighted by Crippen LogP contribution is -2.37. The number of benzene rings is 1. The molecule has 2 N–H and O–H groups in total. The number of nitrogens with zero attached hydrogens (tertiary/aromatic N) is 3. The number of aromatic amines is 2. The third-order valence-electron chi connectivity index (χ3n) is 5.02. The van der Waals surface area contributed by atoms with Crippen molar-refractivity contribution in [3.8, 4) is 11.4 Å². The van der Waals surface area contributed by atoms with Gasteiger partial charge in [0.2, 0.25) is 0 Å². The van der Waals surface area contributed by atoms with Crippen molar-refractivity contribution >= 4 is 11.6 Å². The van der Waals surface area contributed by atoms with Crippen LogP contribution in [-0.2, 0) is 24.9 Å². The molecule has 0 fully saturated rings. The Morgan fingerprint density at radius 3 is 2.61 bits per heavy atom. The van der Waals surface area contributed by atoms with Crippen molar-refractivity contribution in [2.24, 2.45) is 0 Å². The Labute approximate surface area is 169 Å². The monoisotopic (exact) mass is 397 g/mol. The van der Waals surface area contributed by atoms with Crippen LogP contribution >= 0.6 is 11.6 Å². The molecule has 0 saturated carbocycles. The van der Waals surface area contributed by atoms with Gasteiger partial charge in [0.15, 0.2) is 5.15 Å². The summed E-state index contributed by atoms with van der Waals surface area (Å²) in [7, 11) is 0. The second kappa shape index (κ2) is 7.18. The Bertz CT molecular complexity index is 1050. The summed E-state index contributed by atoms with van der Waals surface area (Å²) in [5.74, 6) is 1.50. The van der Waals surface area contributed by atoms with Crippen LogP contribution in [-0.4, -0.2) is 31.4 Å². The average molecular weight is 398 g/mol. The quantitative estimate of drug-likeness (QED) is 0.706. The zero-order chi connectivity index (χ0) is 19.9. The van der Waals surface area contributed by atoms with Gasteiger partial charge in [-0.05, 0) is 0 Å². The number of rotatable bonds is 3. The van der Waals surface area contributed by atoms with Crippen LogP contribution in [0.25, 0.3) is 11.4 Å². The fourth-order valence-electron chi connectivity index (χ4n) is 3.42. The standard InChI is InChI=1S/C21H24ClN5O/c1-21(2,3)20-24-15-9-10-27(11-14(15)19(28)26-20)12-16-17(22)25-18(23-16)13-7-5-4-6-8-13/h4-8H,9-12H2,1-3H3,(H,23,25)(H,24,26,28). The van der Waals surface area contributed by atoms with Crippen molar-refractivity contribution in [1.82, 2.24) is 24.8 Å². The maximum atomic E-state index is 12.6. The molecule has 146 valence electrons. The number of aromatic nitrogens is 4. The zero-order valence-electron chi connectivity index (χ0n) is 16.3. The second-order valence-corrected chi connectivity index (χ2v) is 8.63. The van der Waals surface area contributed by atoms with Gasteiger partial charge in [0, 0.05) is 37.0 Å². The third-order valence-corrected chi connectivity index (χ3v) is 5.33. The van der Waals surface area contributed by atoms with E-state index in [0.717, 1.165) is 47.1 Å². The van der Waals surface area contributed by atoms with Gasteiger partial charge in [0.05, 0.1) is 17.0 Å². The van der Waals surface area contributed by atoms with Crippen LogP contribution in [0.2, 0.25) is 5.15 Å². The number of fused-ring (bicyclic) bond motifs is 1. The molecule has 0 atom stereocenters. The van der Waals surface area contributed by atoms with Crippen LogP contribution < -0.4 is 5.56 Å². The summed E-state index contributed by atoms with van der Waals surface area (Å²) in [4.78, 5) is 30.3. The predicted octanol–water partition coefficient (Wildman–Crippen LogP) is 3.67. The Balaban J connectivity index is 1.55. The minimum absolute atomic E-state index is 0.0414. The van der Waals surface area contributed by atoms with Crippen LogP contribution in [0.4, 0.5) is 0 Å². The maximum absolute atomic E-state index is 12.6. The molecule has 0 saturated heterocycles. The van der Waals surface area contributed by atoms with E-state index in [4.69, 9.17) is 16.6 Å². The molecule has 7 heteroatoms. The topological polar surface area (TPSA) is 77.7 Å². The molecular formula is C21H24ClN5O. The molecule has 0 unspecified atom stereocenters. The van der Waals surface area contributed by atoms with Crippen molar-refractivity contribution in [3.63, 3.8) is 0 Å². The first-order valence-corrected chi connectivity index (χ1v) is 9.84. The van der Waals surface area contributed by atoms with Gasteiger partial charge in [0.1, 0.15) is 11.6 Å². The van der Waals surface area contributed by atoms with Crippen LogP contribution in [0, 0.1) is 0 Å². The molecule has 0 aliphatic carbocycles. The lowest BCUT2D eigenvalue weighted by Gasteiger charge is -2.28. The minimum Gasteiger partial charge on any atom is -0.339 e. The summed E-state index contributed by atoms with van der Waals surface area (Å²) in [5, 5.41) is 0.472. The fraction of sp³-hybridized carbons (Fsp3) is 0.381. The van der Waals surface area contributed by atoms with E-state index in [2.05, 4.69) is 40.6 Å². The van der Waals surface area contributed by atoms with Crippen molar-refractivity contribution in [3.05, 3.63) is 68.6 Å². The van der Waals surface area contributed by atoms with Crippen LogP contribution in [0.1, 0.15) is 43.5 Å². The van der Waals surface area contributed by atoms with E-state index in [1.54, 1.807) is 0 Å². The third kappa shape index (κ3) is 3.75. The van der Waals surface area contributed by atoms with Crippen LogP contribution in [0.15, 0.2) is 35.1 Å². The molecule has 3 aromatic rings. The number of hydrogen-bond acceptors (Lipinski definition) is 4. The molecule has 0 bridgehead atoms. The molecule has 0 spiro atoms. The SMILES string of the molecule is CC(C)(C)c1nc2c(c(=O)[nH]1)CN(Cc1[nH]c(-c3ccccc3)nc1Cl)CC2. The highest BCUT2D eigenvalue weighted by atomic mass is 35.5. The maximum Gasteiger partial charge on any atom is 0.255 e. The molecule has 1 aliphatic rings. The molecule has 0 amide bonds. The molecule has 28 heavy (non-hydrogen) atoms. The first kappa shape index (κ1) is 18.9. The van der Waals surface area contributed by atoms with E-state index >= 15 is 0 Å². The first-order valence-electron chi connectivity index (χ1n) is 9.46. The molecule has 4 rings (SSSR count). The van der Waals surface area contributed by atoms with Gasteiger partial charge in [-0.1, -0.05) is 62.7 Å². The molecule has 1 aliphatic heterocycles. The summed E-state index contributed by atoms with van der Waals surface area (Å²) in [6.45, 7) is 8.14. The van der Waals surface area contributed by atoms with E-state index in [1.165, 1.54) is 0 Å². The highest BCUT2D eigenvalue weighted by molar-refractivity contribution is 6.30. The van der Waals surface area contributed by atoms with E-state index in [9.17, 15) is 4.79 Å². The smallest absolute Gasteiger partial charge is 0.255 e. The lowest BCUT2D eigenvalue weighted by molar-refractivity contribution is 0.238. The van der Waals surface area contributed by atoms with Crippen molar-refractivity contribution in [1.29, 1.82) is 0 Å². The Morgan fingerprint density at radius 1 is 1.14 bits per heavy atom. The fourth-order valence-corrected chi connectivity index (χ4v) is 3.61. The number of H-pyrrole nitrogens is 2. The summed E-state index contributed by atoms with van der Waals surface area (Å²) in [6, 6.07) is 9.90. The molecule has 0 radical (unpaired) electrons. The number of halogens is 1.